The smallest absolute Gasteiger partial charge is 0.0513 e. The molecule has 1 unspecified atom stereocenters. The molecule has 2 N–H and O–H groups in total. The van der Waals surface area contributed by atoms with Gasteiger partial charge in [0.2, 0.25) is 0 Å². The van der Waals surface area contributed by atoms with Gasteiger partial charge in [0, 0.05) is 22.6 Å². The molecule has 0 amide bonds. The van der Waals surface area contributed by atoms with Gasteiger partial charge in [-0.2, -0.15) is 0 Å². The largest absolute Gasteiger partial charge is 0.367 e. The first-order valence-corrected chi connectivity index (χ1v) is 8.10. The molecule has 0 aromatic heterocycles. The van der Waals surface area contributed by atoms with Gasteiger partial charge in [0.05, 0.1) is 11.7 Å². The minimum Gasteiger partial charge on any atom is -0.367 e. The average Bonchev–Trinajstić information content (AvgIpc) is 2.46. The molecule has 2 aromatic carbocycles. The van der Waals surface area contributed by atoms with Crippen LogP contribution in [-0.2, 0) is 0 Å². The Balaban J connectivity index is 2.26. The SMILES string of the molecule is CC(c1ccc(Cl)cc1)N(C)c1ccc([C@H](C)N)cc1Br. The highest BCUT2D eigenvalue weighted by Crippen LogP contribution is 2.33. The van der Waals surface area contributed by atoms with Crippen molar-refractivity contribution in [1.82, 2.24) is 0 Å². The molecule has 0 bridgehead atoms. The molecule has 0 radical (unpaired) electrons. The van der Waals surface area contributed by atoms with Gasteiger partial charge < -0.3 is 10.6 Å². The van der Waals surface area contributed by atoms with Crippen molar-refractivity contribution in [3.8, 4) is 0 Å². The zero-order valence-electron chi connectivity index (χ0n) is 12.5. The fraction of sp³-hybridized carbons (Fsp3) is 0.294. The Labute approximate surface area is 140 Å². The van der Waals surface area contributed by atoms with Crippen LogP contribution in [0.3, 0.4) is 0 Å². The van der Waals surface area contributed by atoms with E-state index in [4.69, 9.17) is 17.3 Å². The minimum atomic E-state index is 0.0364. The van der Waals surface area contributed by atoms with Crippen molar-refractivity contribution in [2.75, 3.05) is 11.9 Å². The lowest BCUT2D eigenvalue weighted by molar-refractivity contribution is 0.737. The zero-order valence-corrected chi connectivity index (χ0v) is 14.8. The average molecular weight is 368 g/mol. The molecule has 2 aromatic rings. The third kappa shape index (κ3) is 3.79. The van der Waals surface area contributed by atoms with E-state index in [1.54, 1.807) is 0 Å². The van der Waals surface area contributed by atoms with E-state index in [-0.39, 0.29) is 12.1 Å². The van der Waals surface area contributed by atoms with Gasteiger partial charge in [0.1, 0.15) is 0 Å². The van der Waals surface area contributed by atoms with Gasteiger partial charge in [-0.15, -0.1) is 0 Å². The van der Waals surface area contributed by atoms with E-state index in [1.165, 1.54) is 5.56 Å². The number of nitrogens with zero attached hydrogens (tertiary/aromatic N) is 1. The summed E-state index contributed by atoms with van der Waals surface area (Å²) in [6, 6.07) is 14.5. The lowest BCUT2D eigenvalue weighted by Gasteiger charge is -2.29. The molecule has 0 spiro atoms. The summed E-state index contributed by atoms with van der Waals surface area (Å²) < 4.78 is 1.06. The van der Waals surface area contributed by atoms with Crippen LogP contribution >= 0.6 is 27.5 Å². The molecule has 4 heteroatoms. The second-order valence-electron chi connectivity index (χ2n) is 5.34. The highest BCUT2D eigenvalue weighted by atomic mass is 79.9. The van der Waals surface area contributed by atoms with Gasteiger partial charge in [-0.3, -0.25) is 0 Å². The van der Waals surface area contributed by atoms with Crippen molar-refractivity contribution in [3.05, 3.63) is 63.1 Å². The molecule has 2 nitrogen and oxygen atoms in total. The van der Waals surface area contributed by atoms with Crippen LogP contribution in [0.25, 0.3) is 0 Å². The Morgan fingerprint density at radius 1 is 1.05 bits per heavy atom. The minimum absolute atomic E-state index is 0.0364. The van der Waals surface area contributed by atoms with Crippen LogP contribution < -0.4 is 10.6 Å². The van der Waals surface area contributed by atoms with Gasteiger partial charge in [-0.05, 0) is 65.2 Å². The first-order chi connectivity index (χ1) is 9.90. The highest BCUT2D eigenvalue weighted by Gasteiger charge is 2.15. The van der Waals surface area contributed by atoms with Crippen molar-refractivity contribution in [1.29, 1.82) is 0 Å². The summed E-state index contributed by atoms with van der Waals surface area (Å²) in [5.74, 6) is 0. The maximum absolute atomic E-state index is 5.95. The zero-order chi connectivity index (χ0) is 15.6. The molecule has 0 heterocycles. The van der Waals surface area contributed by atoms with E-state index >= 15 is 0 Å². The summed E-state index contributed by atoms with van der Waals surface area (Å²) in [6.45, 7) is 4.16. The summed E-state index contributed by atoms with van der Waals surface area (Å²) in [4.78, 5) is 2.23. The summed E-state index contributed by atoms with van der Waals surface area (Å²) >= 11 is 9.60. The topological polar surface area (TPSA) is 29.3 Å². The molecule has 2 rings (SSSR count). The van der Waals surface area contributed by atoms with E-state index in [9.17, 15) is 0 Å². The Morgan fingerprint density at radius 3 is 2.14 bits per heavy atom. The maximum Gasteiger partial charge on any atom is 0.0513 e. The van der Waals surface area contributed by atoms with Crippen molar-refractivity contribution in [2.24, 2.45) is 5.73 Å². The number of halogens is 2. The second-order valence-corrected chi connectivity index (χ2v) is 6.63. The van der Waals surface area contributed by atoms with E-state index in [0.717, 1.165) is 20.7 Å². The normalized spacial score (nSPS) is 13.8. The quantitative estimate of drug-likeness (QED) is 0.792. The Hall–Kier alpha value is -1.03. The molecular formula is C17H20BrClN2. The van der Waals surface area contributed by atoms with E-state index in [2.05, 4.69) is 65.1 Å². The van der Waals surface area contributed by atoms with Crippen LogP contribution in [0.2, 0.25) is 5.02 Å². The van der Waals surface area contributed by atoms with Gasteiger partial charge >= 0.3 is 0 Å². The fourth-order valence-corrected chi connectivity index (χ4v) is 3.07. The maximum atomic E-state index is 5.95. The third-order valence-electron chi connectivity index (χ3n) is 3.81. The first-order valence-electron chi connectivity index (χ1n) is 6.93. The summed E-state index contributed by atoms with van der Waals surface area (Å²) in [7, 11) is 2.09. The Morgan fingerprint density at radius 2 is 1.62 bits per heavy atom. The first kappa shape index (κ1) is 16.3. The number of benzene rings is 2. The molecule has 21 heavy (non-hydrogen) atoms. The molecular weight excluding hydrogens is 348 g/mol. The van der Waals surface area contributed by atoms with Crippen molar-refractivity contribution >= 4 is 33.2 Å². The molecule has 0 aliphatic heterocycles. The Bertz CT molecular complexity index is 611. The number of hydrogen-bond acceptors (Lipinski definition) is 2. The number of anilines is 1. The highest BCUT2D eigenvalue weighted by molar-refractivity contribution is 9.10. The monoisotopic (exact) mass is 366 g/mol. The molecule has 0 aliphatic rings. The van der Waals surface area contributed by atoms with Crippen LogP contribution in [0, 0.1) is 0 Å². The lowest BCUT2D eigenvalue weighted by Crippen LogP contribution is -2.22. The number of rotatable bonds is 4. The van der Waals surface area contributed by atoms with E-state index in [0.29, 0.717) is 0 Å². The summed E-state index contributed by atoms with van der Waals surface area (Å²) in [5.41, 5.74) is 9.42. The van der Waals surface area contributed by atoms with Crippen LogP contribution in [-0.4, -0.2) is 7.05 Å². The number of nitrogens with two attached hydrogens (primary N) is 1. The van der Waals surface area contributed by atoms with Crippen LogP contribution in [0.1, 0.15) is 37.1 Å². The van der Waals surface area contributed by atoms with Crippen molar-refractivity contribution in [3.63, 3.8) is 0 Å². The third-order valence-corrected chi connectivity index (χ3v) is 4.70. The summed E-state index contributed by atoms with van der Waals surface area (Å²) in [6.07, 6.45) is 0. The van der Waals surface area contributed by atoms with Crippen molar-refractivity contribution < 1.29 is 0 Å². The fourth-order valence-electron chi connectivity index (χ4n) is 2.27. The predicted molar refractivity (Wildman–Crippen MR) is 95.0 cm³/mol. The second kappa shape index (κ2) is 6.82. The van der Waals surface area contributed by atoms with E-state index in [1.807, 2.05) is 19.1 Å². The molecule has 0 aliphatic carbocycles. The van der Waals surface area contributed by atoms with Crippen LogP contribution in [0.4, 0.5) is 5.69 Å². The van der Waals surface area contributed by atoms with Gasteiger partial charge in [-0.25, -0.2) is 0 Å². The Kier molecular flexibility index (Phi) is 5.31. The van der Waals surface area contributed by atoms with Crippen LogP contribution in [0.15, 0.2) is 46.9 Å². The van der Waals surface area contributed by atoms with Crippen LogP contribution in [0.5, 0.6) is 0 Å². The summed E-state index contributed by atoms with van der Waals surface area (Å²) in [5, 5.41) is 0.760. The molecule has 0 saturated heterocycles. The standard InChI is InChI=1S/C17H20BrClN2/c1-11(20)14-6-9-17(16(18)10-14)21(3)12(2)13-4-7-15(19)8-5-13/h4-12H,20H2,1-3H3/t11-,12?/m0/s1. The molecule has 0 fully saturated rings. The van der Waals surface area contributed by atoms with Gasteiger partial charge in [0.15, 0.2) is 0 Å². The lowest BCUT2D eigenvalue weighted by atomic mass is 10.1. The van der Waals surface area contributed by atoms with Gasteiger partial charge in [-0.1, -0.05) is 29.8 Å². The molecule has 112 valence electrons. The van der Waals surface area contributed by atoms with Gasteiger partial charge in [0.25, 0.3) is 0 Å². The van der Waals surface area contributed by atoms with Crippen molar-refractivity contribution in [2.45, 2.75) is 25.9 Å². The molecule has 2 atom stereocenters. The molecule has 0 saturated carbocycles. The van der Waals surface area contributed by atoms with E-state index < -0.39 is 0 Å². The predicted octanol–water partition coefficient (Wildman–Crippen LogP) is 5.32. The number of hydrogen-bond donors (Lipinski definition) is 1.